The molecular weight excluding hydrogens is 357 g/mol. The molecule has 2 rings (SSSR count). The van der Waals surface area contributed by atoms with Crippen LogP contribution in [0.15, 0.2) is 18.2 Å². The third-order valence-corrected chi connectivity index (χ3v) is 6.18. The van der Waals surface area contributed by atoms with E-state index in [9.17, 15) is 17.6 Å². The molecule has 26 heavy (non-hydrogen) atoms. The highest BCUT2D eigenvalue weighted by Gasteiger charge is 2.26. The molecule has 0 saturated carbocycles. The SMILES string of the molecule is CCCCCC(C)c1cccc(C(=O)NS(=O)(=O)CC2CCOC2)c1F. The van der Waals surface area contributed by atoms with Gasteiger partial charge in [-0.05, 0) is 30.4 Å². The summed E-state index contributed by atoms with van der Waals surface area (Å²) >= 11 is 0. The van der Waals surface area contributed by atoms with Crippen molar-refractivity contribution in [1.82, 2.24) is 4.72 Å². The van der Waals surface area contributed by atoms with Crippen molar-refractivity contribution in [1.29, 1.82) is 0 Å². The molecule has 0 spiro atoms. The van der Waals surface area contributed by atoms with Gasteiger partial charge >= 0.3 is 0 Å². The van der Waals surface area contributed by atoms with Gasteiger partial charge in [-0.15, -0.1) is 0 Å². The number of ether oxygens (including phenoxy) is 1. The Morgan fingerprint density at radius 2 is 2.15 bits per heavy atom. The first kappa shape index (κ1) is 20.8. The van der Waals surface area contributed by atoms with Gasteiger partial charge in [-0.3, -0.25) is 4.79 Å². The number of benzene rings is 1. The minimum absolute atomic E-state index is 0.0263. The summed E-state index contributed by atoms with van der Waals surface area (Å²) < 4.78 is 46.3. The van der Waals surface area contributed by atoms with Gasteiger partial charge < -0.3 is 4.74 Å². The van der Waals surface area contributed by atoms with Crippen LogP contribution in [-0.2, 0) is 14.8 Å². The van der Waals surface area contributed by atoms with E-state index in [-0.39, 0.29) is 23.2 Å². The lowest BCUT2D eigenvalue weighted by Crippen LogP contribution is -2.35. The van der Waals surface area contributed by atoms with Crippen molar-refractivity contribution in [2.75, 3.05) is 19.0 Å². The van der Waals surface area contributed by atoms with Gasteiger partial charge in [0.15, 0.2) is 0 Å². The Kier molecular flexibility index (Phi) is 7.58. The molecule has 0 radical (unpaired) electrons. The first-order valence-electron chi connectivity index (χ1n) is 9.25. The molecule has 0 bridgehead atoms. The fourth-order valence-corrected chi connectivity index (χ4v) is 4.58. The van der Waals surface area contributed by atoms with Gasteiger partial charge in [0, 0.05) is 12.5 Å². The molecule has 146 valence electrons. The summed E-state index contributed by atoms with van der Waals surface area (Å²) in [7, 11) is -3.83. The molecule has 1 aliphatic heterocycles. The molecular formula is C19H28FNO4S. The van der Waals surface area contributed by atoms with Gasteiger partial charge in [0.2, 0.25) is 10.0 Å². The van der Waals surface area contributed by atoms with Gasteiger partial charge in [-0.1, -0.05) is 45.2 Å². The Balaban J connectivity index is 2.07. The van der Waals surface area contributed by atoms with E-state index in [1.54, 1.807) is 12.1 Å². The zero-order valence-electron chi connectivity index (χ0n) is 15.5. The van der Waals surface area contributed by atoms with E-state index in [4.69, 9.17) is 4.74 Å². The molecule has 1 saturated heterocycles. The molecule has 1 aromatic carbocycles. The summed E-state index contributed by atoms with van der Waals surface area (Å²) in [4.78, 5) is 12.3. The zero-order valence-corrected chi connectivity index (χ0v) is 16.3. The van der Waals surface area contributed by atoms with Crippen LogP contribution in [0.2, 0.25) is 0 Å². The standard InChI is InChI=1S/C19H28FNO4S/c1-3-4-5-7-14(2)16-8-6-9-17(18(16)20)19(22)21-26(23,24)13-15-10-11-25-12-15/h6,8-9,14-15H,3-5,7,10-13H2,1-2H3,(H,21,22). The number of hydrogen-bond donors (Lipinski definition) is 1. The Labute approximate surface area is 155 Å². The molecule has 0 aliphatic carbocycles. The van der Waals surface area contributed by atoms with E-state index in [0.29, 0.717) is 25.2 Å². The second-order valence-electron chi connectivity index (χ2n) is 7.05. The zero-order chi connectivity index (χ0) is 19.2. The van der Waals surface area contributed by atoms with E-state index in [1.165, 1.54) is 6.07 Å². The molecule has 2 unspecified atom stereocenters. The molecule has 1 aliphatic rings. The second-order valence-corrected chi connectivity index (χ2v) is 8.81. The molecule has 1 aromatic rings. The molecule has 5 nitrogen and oxygen atoms in total. The van der Waals surface area contributed by atoms with Crippen LogP contribution < -0.4 is 4.72 Å². The normalized spacial score (nSPS) is 18.7. The van der Waals surface area contributed by atoms with Gasteiger partial charge in [-0.25, -0.2) is 17.5 Å². The summed E-state index contributed by atoms with van der Waals surface area (Å²) in [6.45, 7) is 4.93. The Morgan fingerprint density at radius 3 is 2.81 bits per heavy atom. The number of carbonyl (C=O) groups is 1. The van der Waals surface area contributed by atoms with E-state index in [2.05, 4.69) is 6.92 Å². The lowest BCUT2D eigenvalue weighted by molar-refractivity contribution is 0.0977. The predicted molar refractivity (Wildman–Crippen MR) is 99.1 cm³/mol. The third kappa shape index (κ3) is 5.77. The maximum absolute atomic E-state index is 14.8. The lowest BCUT2D eigenvalue weighted by atomic mass is 9.93. The summed E-state index contributed by atoms with van der Waals surface area (Å²) in [6, 6.07) is 4.58. The molecule has 2 atom stereocenters. The number of rotatable bonds is 9. The maximum Gasteiger partial charge on any atom is 0.267 e. The third-order valence-electron chi connectivity index (χ3n) is 4.77. The highest BCUT2D eigenvalue weighted by Crippen LogP contribution is 2.26. The molecule has 1 amide bonds. The quantitative estimate of drug-likeness (QED) is 0.659. The van der Waals surface area contributed by atoms with Crippen LogP contribution in [-0.4, -0.2) is 33.3 Å². The Morgan fingerprint density at radius 1 is 1.38 bits per heavy atom. The first-order valence-corrected chi connectivity index (χ1v) is 10.9. The minimum atomic E-state index is -3.83. The number of unbranched alkanes of at least 4 members (excludes halogenated alkanes) is 2. The van der Waals surface area contributed by atoms with Crippen LogP contribution in [0.25, 0.3) is 0 Å². The van der Waals surface area contributed by atoms with Crippen molar-refractivity contribution in [2.45, 2.75) is 51.9 Å². The predicted octanol–water partition coefficient (Wildman–Crippen LogP) is 3.61. The van der Waals surface area contributed by atoms with Crippen LogP contribution >= 0.6 is 0 Å². The summed E-state index contributed by atoms with van der Waals surface area (Å²) in [5.74, 6) is -1.89. The monoisotopic (exact) mass is 385 g/mol. The summed E-state index contributed by atoms with van der Waals surface area (Å²) in [6.07, 6.45) is 4.63. The number of amides is 1. The summed E-state index contributed by atoms with van der Waals surface area (Å²) in [5.41, 5.74) is 0.228. The van der Waals surface area contributed by atoms with E-state index in [1.807, 2.05) is 11.6 Å². The number of halogens is 1. The van der Waals surface area contributed by atoms with E-state index < -0.39 is 21.7 Å². The fraction of sp³-hybridized carbons (Fsp3) is 0.632. The van der Waals surface area contributed by atoms with Crippen LogP contribution in [0.1, 0.15) is 67.8 Å². The molecule has 1 N–H and O–H groups in total. The Hall–Kier alpha value is -1.47. The van der Waals surface area contributed by atoms with Gasteiger partial charge in [-0.2, -0.15) is 0 Å². The van der Waals surface area contributed by atoms with Crippen LogP contribution in [0.5, 0.6) is 0 Å². The lowest BCUT2D eigenvalue weighted by Gasteiger charge is -2.15. The molecule has 0 aromatic heterocycles. The van der Waals surface area contributed by atoms with Crippen molar-refractivity contribution in [2.24, 2.45) is 5.92 Å². The number of carbonyl (C=O) groups excluding carboxylic acids is 1. The largest absolute Gasteiger partial charge is 0.381 e. The van der Waals surface area contributed by atoms with E-state index in [0.717, 1.165) is 25.7 Å². The number of sulfonamides is 1. The van der Waals surface area contributed by atoms with Crippen molar-refractivity contribution in [3.8, 4) is 0 Å². The van der Waals surface area contributed by atoms with Crippen LogP contribution in [0, 0.1) is 11.7 Å². The van der Waals surface area contributed by atoms with Gasteiger partial charge in [0.1, 0.15) is 5.82 Å². The molecule has 1 heterocycles. The average molecular weight is 386 g/mol. The topological polar surface area (TPSA) is 72.5 Å². The maximum atomic E-state index is 14.8. The highest BCUT2D eigenvalue weighted by molar-refractivity contribution is 7.90. The summed E-state index contributed by atoms with van der Waals surface area (Å²) in [5, 5.41) is 0. The molecule has 1 fully saturated rings. The highest BCUT2D eigenvalue weighted by atomic mass is 32.2. The van der Waals surface area contributed by atoms with Crippen LogP contribution in [0.3, 0.4) is 0 Å². The smallest absolute Gasteiger partial charge is 0.267 e. The minimum Gasteiger partial charge on any atom is -0.381 e. The van der Waals surface area contributed by atoms with Gasteiger partial charge in [0.05, 0.1) is 17.9 Å². The van der Waals surface area contributed by atoms with Gasteiger partial charge in [0.25, 0.3) is 5.91 Å². The second kappa shape index (κ2) is 9.46. The van der Waals surface area contributed by atoms with Crippen molar-refractivity contribution in [3.05, 3.63) is 35.1 Å². The van der Waals surface area contributed by atoms with Crippen molar-refractivity contribution >= 4 is 15.9 Å². The van der Waals surface area contributed by atoms with Crippen LogP contribution in [0.4, 0.5) is 4.39 Å². The molecule has 7 heteroatoms. The van der Waals surface area contributed by atoms with E-state index >= 15 is 0 Å². The number of nitrogens with one attached hydrogen (secondary N) is 1. The number of hydrogen-bond acceptors (Lipinski definition) is 4. The average Bonchev–Trinajstić information content (AvgIpc) is 3.06. The fourth-order valence-electron chi connectivity index (χ4n) is 3.22. The van der Waals surface area contributed by atoms with Crippen molar-refractivity contribution < 1.29 is 22.3 Å². The van der Waals surface area contributed by atoms with Crippen molar-refractivity contribution in [3.63, 3.8) is 0 Å². The first-order chi connectivity index (χ1) is 12.3. The Bertz CT molecular complexity index is 714.